The fraction of sp³-hybridized carbons (Fsp3) is 0.222. The number of imide groups is 1. The molecule has 3 aromatic carbocycles. The first-order valence-corrected chi connectivity index (χ1v) is 11.1. The fourth-order valence-electron chi connectivity index (χ4n) is 5.29. The maximum atomic E-state index is 13.5. The van der Waals surface area contributed by atoms with Gasteiger partial charge in [-0.3, -0.25) is 19.3 Å². The fourth-order valence-corrected chi connectivity index (χ4v) is 5.29. The van der Waals surface area contributed by atoms with Gasteiger partial charge >= 0.3 is 0 Å². The van der Waals surface area contributed by atoms with Crippen LogP contribution in [-0.2, 0) is 10.3 Å². The molecule has 5 rings (SSSR count). The lowest BCUT2D eigenvalue weighted by molar-refractivity contribution is -0.128. The van der Waals surface area contributed by atoms with Gasteiger partial charge in [0.15, 0.2) is 0 Å². The van der Waals surface area contributed by atoms with Crippen LogP contribution in [0, 0.1) is 6.92 Å². The van der Waals surface area contributed by atoms with Crippen molar-refractivity contribution in [3.8, 4) is 11.1 Å². The van der Waals surface area contributed by atoms with E-state index in [9.17, 15) is 14.4 Å². The Morgan fingerprint density at radius 3 is 2.30 bits per heavy atom. The molecule has 166 valence electrons. The van der Waals surface area contributed by atoms with Crippen molar-refractivity contribution in [2.45, 2.75) is 25.3 Å². The first kappa shape index (κ1) is 21.1. The highest BCUT2D eigenvalue weighted by Gasteiger charge is 2.47. The van der Waals surface area contributed by atoms with Crippen LogP contribution in [0.1, 0.15) is 44.7 Å². The van der Waals surface area contributed by atoms with Crippen molar-refractivity contribution in [1.82, 2.24) is 4.90 Å². The molecule has 0 bridgehead atoms. The first-order chi connectivity index (χ1) is 15.9. The second-order valence-electron chi connectivity index (χ2n) is 8.77. The van der Waals surface area contributed by atoms with Crippen molar-refractivity contribution in [1.29, 1.82) is 0 Å². The van der Waals surface area contributed by atoms with Crippen LogP contribution in [0.2, 0.25) is 0 Å². The van der Waals surface area contributed by atoms with Gasteiger partial charge in [-0.1, -0.05) is 48.5 Å². The van der Waals surface area contributed by atoms with Crippen LogP contribution in [-0.4, -0.2) is 36.2 Å². The lowest BCUT2D eigenvalue weighted by Gasteiger charge is -2.33. The Morgan fingerprint density at radius 1 is 0.909 bits per heavy atom. The van der Waals surface area contributed by atoms with Crippen LogP contribution < -0.4 is 10.6 Å². The number of hydrogen-bond acceptors (Lipinski definition) is 4. The van der Waals surface area contributed by atoms with E-state index in [4.69, 9.17) is 5.73 Å². The van der Waals surface area contributed by atoms with Gasteiger partial charge in [0.2, 0.25) is 5.91 Å². The van der Waals surface area contributed by atoms with Gasteiger partial charge in [-0.25, -0.2) is 4.90 Å². The van der Waals surface area contributed by atoms with E-state index in [0.717, 1.165) is 29.7 Å². The Morgan fingerprint density at radius 2 is 1.64 bits per heavy atom. The number of anilines is 1. The summed E-state index contributed by atoms with van der Waals surface area (Å²) in [4.78, 5) is 42.5. The van der Waals surface area contributed by atoms with E-state index in [-0.39, 0.29) is 11.8 Å². The zero-order valence-electron chi connectivity index (χ0n) is 18.7. The Balaban J connectivity index is 1.58. The number of hydrogen-bond donors (Lipinski definition) is 1. The third-order valence-corrected chi connectivity index (χ3v) is 7.09. The van der Waals surface area contributed by atoms with E-state index in [0.29, 0.717) is 28.8 Å². The molecule has 3 amide bonds. The van der Waals surface area contributed by atoms with Gasteiger partial charge in [0.1, 0.15) is 5.54 Å². The van der Waals surface area contributed by atoms with Gasteiger partial charge in [0.05, 0.1) is 16.8 Å². The van der Waals surface area contributed by atoms with Gasteiger partial charge < -0.3 is 5.73 Å². The minimum absolute atomic E-state index is 0.308. The maximum absolute atomic E-state index is 13.5. The summed E-state index contributed by atoms with van der Waals surface area (Å²) in [6.07, 6.45) is 1.42. The number of amides is 3. The topological polar surface area (TPSA) is 83.7 Å². The number of primary amides is 1. The standard InChI is InChI=1S/C27H25N3O3/c1-17-20(18-8-4-3-5-9-18)10-6-11-23(17)30-24(31)21-13-12-19(16-22(21)25(30)32)27(26(28)33)14-7-15-29(27)2/h3-6,8-13,16H,7,14-15H2,1-2H3,(H2,28,33)/t27-/m1/s1. The highest BCUT2D eigenvalue weighted by atomic mass is 16.2. The summed E-state index contributed by atoms with van der Waals surface area (Å²) >= 11 is 0. The predicted octanol–water partition coefficient (Wildman–Crippen LogP) is 3.87. The lowest BCUT2D eigenvalue weighted by Crippen LogP contribution is -2.49. The Kier molecular flexibility index (Phi) is 4.91. The molecular formula is C27H25N3O3. The molecule has 0 aliphatic carbocycles. The summed E-state index contributed by atoms with van der Waals surface area (Å²) in [5, 5.41) is 0. The highest BCUT2D eigenvalue weighted by molar-refractivity contribution is 6.34. The quantitative estimate of drug-likeness (QED) is 0.626. The summed E-state index contributed by atoms with van der Waals surface area (Å²) in [5.41, 5.74) is 9.57. The molecule has 2 heterocycles. The second kappa shape index (κ2) is 7.67. The zero-order valence-corrected chi connectivity index (χ0v) is 18.7. The minimum atomic E-state index is -0.963. The van der Waals surface area contributed by atoms with Gasteiger partial charge in [-0.15, -0.1) is 0 Å². The summed E-state index contributed by atoms with van der Waals surface area (Å²) < 4.78 is 0. The molecule has 2 N–H and O–H groups in total. The first-order valence-electron chi connectivity index (χ1n) is 11.1. The average molecular weight is 440 g/mol. The molecule has 0 saturated carbocycles. The molecule has 0 unspecified atom stereocenters. The number of likely N-dealkylation sites (tertiary alicyclic amines) is 1. The monoisotopic (exact) mass is 439 g/mol. The molecule has 0 spiro atoms. The maximum Gasteiger partial charge on any atom is 0.266 e. The molecule has 2 aliphatic heterocycles. The molecular weight excluding hydrogens is 414 g/mol. The SMILES string of the molecule is Cc1c(-c2ccccc2)cccc1N1C(=O)c2ccc([C@@]3(C(N)=O)CCCN3C)cc2C1=O. The number of carbonyl (C=O) groups is 3. The van der Waals surface area contributed by atoms with E-state index >= 15 is 0 Å². The van der Waals surface area contributed by atoms with Crippen molar-refractivity contribution in [3.05, 3.63) is 89.0 Å². The summed E-state index contributed by atoms with van der Waals surface area (Å²) in [7, 11) is 1.86. The summed E-state index contributed by atoms with van der Waals surface area (Å²) in [5.74, 6) is -1.18. The van der Waals surface area contributed by atoms with Gasteiger partial charge in [0, 0.05) is 0 Å². The van der Waals surface area contributed by atoms with Gasteiger partial charge in [-0.2, -0.15) is 0 Å². The summed E-state index contributed by atoms with van der Waals surface area (Å²) in [6, 6.07) is 20.6. The smallest absolute Gasteiger partial charge is 0.266 e. The Hall–Kier alpha value is -3.77. The molecule has 2 aliphatic rings. The molecule has 6 nitrogen and oxygen atoms in total. The number of carbonyl (C=O) groups excluding carboxylic acids is 3. The largest absolute Gasteiger partial charge is 0.368 e. The van der Waals surface area contributed by atoms with Crippen LogP contribution >= 0.6 is 0 Å². The molecule has 0 aromatic heterocycles. The van der Waals surface area contributed by atoms with E-state index in [2.05, 4.69) is 0 Å². The van der Waals surface area contributed by atoms with E-state index < -0.39 is 11.4 Å². The number of rotatable bonds is 4. The predicted molar refractivity (Wildman–Crippen MR) is 127 cm³/mol. The second-order valence-corrected chi connectivity index (χ2v) is 8.77. The number of fused-ring (bicyclic) bond motifs is 1. The van der Waals surface area contributed by atoms with E-state index in [1.807, 2.05) is 61.3 Å². The number of benzene rings is 3. The van der Waals surface area contributed by atoms with Crippen molar-refractivity contribution in [2.24, 2.45) is 5.73 Å². The third kappa shape index (κ3) is 3.02. The van der Waals surface area contributed by atoms with Crippen LogP contribution in [0.5, 0.6) is 0 Å². The van der Waals surface area contributed by atoms with Crippen molar-refractivity contribution in [3.63, 3.8) is 0 Å². The van der Waals surface area contributed by atoms with E-state index in [1.165, 1.54) is 4.90 Å². The van der Waals surface area contributed by atoms with Crippen LogP contribution in [0.15, 0.2) is 66.7 Å². The molecule has 1 atom stereocenters. The van der Waals surface area contributed by atoms with Crippen LogP contribution in [0.3, 0.4) is 0 Å². The van der Waals surface area contributed by atoms with Crippen molar-refractivity contribution < 1.29 is 14.4 Å². The lowest BCUT2D eigenvalue weighted by atomic mass is 9.85. The Labute approximate surface area is 192 Å². The molecule has 1 fully saturated rings. The van der Waals surface area contributed by atoms with Gasteiger partial charge in [0.25, 0.3) is 11.8 Å². The number of likely N-dealkylation sites (N-methyl/N-ethyl adjacent to an activating group) is 1. The van der Waals surface area contributed by atoms with Gasteiger partial charge in [-0.05, 0) is 73.8 Å². The molecule has 0 radical (unpaired) electrons. The minimum Gasteiger partial charge on any atom is -0.368 e. The van der Waals surface area contributed by atoms with Crippen LogP contribution in [0.4, 0.5) is 5.69 Å². The molecule has 6 heteroatoms. The highest BCUT2D eigenvalue weighted by Crippen LogP contribution is 2.41. The third-order valence-electron chi connectivity index (χ3n) is 7.09. The zero-order chi connectivity index (χ0) is 23.3. The number of nitrogens with two attached hydrogens (primary N) is 1. The van der Waals surface area contributed by atoms with Crippen LogP contribution in [0.25, 0.3) is 11.1 Å². The molecule has 33 heavy (non-hydrogen) atoms. The molecule has 1 saturated heterocycles. The van der Waals surface area contributed by atoms with Crippen molar-refractivity contribution >= 4 is 23.4 Å². The van der Waals surface area contributed by atoms with E-state index in [1.54, 1.807) is 24.3 Å². The normalized spacial score (nSPS) is 20.4. The Bertz CT molecular complexity index is 1300. The van der Waals surface area contributed by atoms with Crippen molar-refractivity contribution in [2.75, 3.05) is 18.5 Å². The average Bonchev–Trinajstić information content (AvgIpc) is 3.33. The number of nitrogens with zero attached hydrogens (tertiary/aromatic N) is 2. The molecule has 3 aromatic rings. The summed E-state index contributed by atoms with van der Waals surface area (Å²) in [6.45, 7) is 2.66.